The largest absolute Gasteiger partial charge is 0.326 e. The lowest BCUT2D eigenvalue weighted by atomic mass is 10.2. The third-order valence-corrected chi connectivity index (χ3v) is 4.35. The summed E-state index contributed by atoms with van der Waals surface area (Å²) in [6.45, 7) is 1.90. The number of carbonyl (C=O) groups is 2. The minimum absolute atomic E-state index is 0.113. The second-order valence-corrected chi connectivity index (χ2v) is 6.16. The van der Waals surface area contributed by atoms with Gasteiger partial charge >= 0.3 is 0 Å². The fourth-order valence-electron chi connectivity index (χ4n) is 2.44. The highest BCUT2D eigenvalue weighted by Crippen LogP contribution is 2.40. The number of rotatable bonds is 4. The molecule has 0 aromatic heterocycles. The smallest absolute Gasteiger partial charge is 0.228 e. The Hall–Kier alpha value is -2.33. The van der Waals surface area contributed by atoms with E-state index in [1.165, 1.54) is 0 Å². The molecule has 5 heteroatoms. The molecule has 23 heavy (non-hydrogen) atoms. The first-order chi connectivity index (χ1) is 11.0. The summed E-state index contributed by atoms with van der Waals surface area (Å²) < 4.78 is 0. The first kappa shape index (κ1) is 15.6. The number of anilines is 2. The molecule has 2 aromatic rings. The Bertz CT molecular complexity index is 746. The summed E-state index contributed by atoms with van der Waals surface area (Å²) in [6.07, 6.45) is 0.574. The van der Waals surface area contributed by atoms with E-state index in [0.29, 0.717) is 17.1 Å². The lowest BCUT2D eigenvalue weighted by Gasteiger charge is -2.07. The van der Waals surface area contributed by atoms with E-state index < -0.39 is 0 Å². The van der Waals surface area contributed by atoms with Crippen LogP contribution in [-0.2, 0) is 9.59 Å². The predicted molar refractivity (Wildman–Crippen MR) is 91.5 cm³/mol. The number of carbonyl (C=O) groups excluding carboxylic acids is 2. The molecule has 2 aromatic carbocycles. The van der Waals surface area contributed by atoms with Gasteiger partial charge in [0, 0.05) is 16.4 Å². The van der Waals surface area contributed by atoms with E-state index in [2.05, 4.69) is 10.6 Å². The lowest BCUT2D eigenvalue weighted by Crippen LogP contribution is -2.20. The molecule has 1 aliphatic carbocycles. The number of halogens is 1. The van der Waals surface area contributed by atoms with Gasteiger partial charge in [-0.25, -0.2) is 0 Å². The zero-order valence-electron chi connectivity index (χ0n) is 12.7. The monoisotopic (exact) mass is 328 g/mol. The van der Waals surface area contributed by atoms with Crippen molar-refractivity contribution in [2.75, 3.05) is 10.6 Å². The van der Waals surface area contributed by atoms with Crippen molar-refractivity contribution in [3.05, 3.63) is 59.1 Å². The quantitative estimate of drug-likeness (QED) is 0.895. The van der Waals surface area contributed by atoms with E-state index in [-0.39, 0.29) is 23.7 Å². The van der Waals surface area contributed by atoms with Gasteiger partial charge in [-0.05, 0) is 43.2 Å². The van der Waals surface area contributed by atoms with Crippen molar-refractivity contribution in [3.8, 4) is 0 Å². The molecule has 0 saturated heterocycles. The Morgan fingerprint density at radius 1 is 0.957 bits per heavy atom. The van der Waals surface area contributed by atoms with Gasteiger partial charge in [0.25, 0.3) is 0 Å². The number of amides is 2. The van der Waals surface area contributed by atoms with Crippen molar-refractivity contribution < 1.29 is 9.59 Å². The van der Waals surface area contributed by atoms with Gasteiger partial charge in [-0.15, -0.1) is 0 Å². The third kappa shape index (κ3) is 3.71. The number of nitrogens with one attached hydrogen (secondary N) is 2. The van der Waals surface area contributed by atoms with Gasteiger partial charge in [-0.3, -0.25) is 9.59 Å². The third-order valence-electron chi connectivity index (χ3n) is 3.94. The Morgan fingerprint density at radius 3 is 2.17 bits per heavy atom. The van der Waals surface area contributed by atoms with Gasteiger partial charge < -0.3 is 10.6 Å². The van der Waals surface area contributed by atoms with Crippen LogP contribution < -0.4 is 10.6 Å². The maximum Gasteiger partial charge on any atom is 0.228 e. The van der Waals surface area contributed by atoms with Crippen LogP contribution >= 0.6 is 11.6 Å². The highest BCUT2D eigenvalue weighted by Gasteiger charge is 2.48. The van der Waals surface area contributed by atoms with Crippen LogP contribution in [0.15, 0.2) is 48.5 Å². The number of benzene rings is 2. The second kappa shape index (κ2) is 6.42. The number of hydrogen-bond acceptors (Lipinski definition) is 2. The molecule has 0 heterocycles. The average Bonchev–Trinajstić information content (AvgIpc) is 3.33. The van der Waals surface area contributed by atoms with Crippen LogP contribution in [0.5, 0.6) is 0 Å². The molecule has 4 nitrogen and oxygen atoms in total. The standard InChI is InChI=1S/C18H17ClN2O2/c1-11-7-8-13(9-16(11)19)21-18(23)15-10-14(15)17(22)20-12-5-3-2-4-6-12/h2-9,14-15H,10H2,1H3,(H,20,22)(H,21,23). The minimum atomic E-state index is -0.279. The molecule has 3 rings (SSSR count). The fraction of sp³-hybridized carbons (Fsp3) is 0.222. The SMILES string of the molecule is Cc1ccc(NC(=O)C2CC2C(=O)Nc2ccccc2)cc1Cl. The van der Waals surface area contributed by atoms with Crippen molar-refractivity contribution in [1.82, 2.24) is 0 Å². The summed E-state index contributed by atoms with van der Waals surface area (Å²) in [5.41, 5.74) is 2.35. The van der Waals surface area contributed by atoms with Gasteiger partial charge in [0.2, 0.25) is 11.8 Å². The first-order valence-corrected chi connectivity index (χ1v) is 7.85. The van der Waals surface area contributed by atoms with Crippen LogP contribution in [0.2, 0.25) is 5.02 Å². The van der Waals surface area contributed by atoms with Crippen LogP contribution in [0.1, 0.15) is 12.0 Å². The predicted octanol–water partition coefficient (Wildman–Crippen LogP) is 3.86. The number of hydrogen-bond donors (Lipinski definition) is 2. The Balaban J connectivity index is 1.56. The van der Waals surface area contributed by atoms with E-state index in [9.17, 15) is 9.59 Å². The molecule has 118 valence electrons. The van der Waals surface area contributed by atoms with Crippen LogP contribution in [0.4, 0.5) is 11.4 Å². The zero-order chi connectivity index (χ0) is 16.4. The van der Waals surface area contributed by atoms with Crippen molar-refractivity contribution in [2.45, 2.75) is 13.3 Å². The van der Waals surface area contributed by atoms with Gasteiger partial charge in [-0.2, -0.15) is 0 Å². The Morgan fingerprint density at radius 2 is 1.57 bits per heavy atom. The van der Waals surface area contributed by atoms with E-state index in [1.54, 1.807) is 12.1 Å². The van der Waals surface area contributed by atoms with Crippen molar-refractivity contribution in [1.29, 1.82) is 0 Å². The van der Waals surface area contributed by atoms with Gasteiger partial charge in [0.15, 0.2) is 0 Å². The minimum Gasteiger partial charge on any atom is -0.326 e. The molecule has 0 spiro atoms. The summed E-state index contributed by atoms with van der Waals surface area (Å²) >= 11 is 6.05. The van der Waals surface area contributed by atoms with Crippen LogP contribution in [0.3, 0.4) is 0 Å². The highest BCUT2D eigenvalue weighted by atomic mass is 35.5. The van der Waals surface area contributed by atoms with Gasteiger partial charge in [0.1, 0.15) is 0 Å². The van der Waals surface area contributed by atoms with Crippen molar-refractivity contribution in [3.63, 3.8) is 0 Å². The molecule has 2 amide bonds. The molecule has 0 bridgehead atoms. The molecule has 0 radical (unpaired) electrons. The van der Waals surface area contributed by atoms with E-state index in [1.807, 2.05) is 43.3 Å². The Labute approximate surface area is 139 Å². The van der Waals surface area contributed by atoms with Crippen LogP contribution in [0, 0.1) is 18.8 Å². The van der Waals surface area contributed by atoms with Crippen LogP contribution in [0.25, 0.3) is 0 Å². The fourth-order valence-corrected chi connectivity index (χ4v) is 2.62. The topological polar surface area (TPSA) is 58.2 Å². The normalized spacial score (nSPS) is 19.0. The molecule has 2 atom stereocenters. The number of aryl methyl sites for hydroxylation is 1. The molecule has 2 unspecified atom stereocenters. The second-order valence-electron chi connectivity index (χ2n) is 5.76. The molecule has 2 N–H and O–H groups in total. The maximum absolute atomic E-state index is 12.2. The maximum atomic E-state index is 12.2. The molecule has 0 aliphatic heterocycles. The zero-order valence-corrected chi connectivity index (χ0v) is 13.4. The van der Waals surface area contributed by atoms with E-state index in [4.69, 9.17) is 11.6 Å². The molecule has 1 saturated carbocycles. The van der Waals surface area contributed by atoms with Gasteiger partial charge in [-0.1, -0.05) is 35.9 Å². The molecule has 1 fully saturated rings. The molecular formula is C18H17ClN2O2. The summed E-state index contributed by atoms with van der Waals surface area (Å²) in [5.74, 6) is -0.800. The average molecular weight is 329 g/mol. The van der Waals surface area contributed by atoms with Crippen molar-refractivity contribution in [2.24, 2.45) is 11.8 Å². The summed E-state index contributed by atoms with van der Waals surface area (Å²) in [5, 5.41) is 6.25. The highest BCUT2D eigenvalue weighted by molar-refractivity contribution is 6.31. The number of para-hydroxylation sites is 1. The van der Waals surface area contributed by atoms with E-state index >= 15 is 0 Å². The first-order valence-electron chi connectivity index (χ1n) is 7.47. The summed E-state index contributed by atoms with van der Waals surface area (Å²) in [7, 11) is 0. The Kier molecular flexibility index (Phi) is 4.35. The van der Waals surface area contributed by atoms with Crippen molar-refractivity contribution >= 4 is 34.8 Å². The van der Waals surface area contributed by atoms with Crippen LogP contribution in [-0.4, -0.2) is 11.8 Å². The molecular weight excluding hydrogens is 312 g/mol. The summed E-state index contributed by atoms with van der Waals surface area (Å²) in [6, 6.07) is 14.6. The summed E-state index contributed by atoms with van der Waals surface area (Å²) in [4.78, 5) is 24.3. The lowest BCUT2D eigenvalue weighted by molar-refractivity contribution is -0.122. The molecule has 1 aliphatic rings. The van der Waals surface area contributed by atoms with E-state index in [0.717, 1.165) is 11.3 Å². The van der Waals surface area contributed by atoms with Gasteiger partial charge in [0.05, 0.1) is 11.8 Å².